The van der Waals surface area contributed by atoms with Gasteiger partial charge in [0.2, 0.25) is 0 Å². The SMILES string of the molecule is NCCC(F)(F)C(F)(F)F. The minimum absolute atomic E-state index is 0.674. The van der Waals surface area contributed by atoms with E-state index in [0.29, 0.717) is 0 Å². The fourth-order valence-electron chi connectivity index (χ4n) is 0.323. The molecular formula is C4H6F5N. The molecule has 62 valence electrons. The molecule has 0 aromatic carbocycles. The van der Waals surface area contributed by atoms with Gasteiger partial charge < -0.3 is 5.73 Å². The quantitative estimate of drug-likeness (QED) is 0.614. The summed E-state index contributed by atoms with van der Waals surface area (Å²) >= 11 is 0. The second-order valence-electron chi connectivity index (χ2n) is 1.74. The van der Waals surface area contributed by atoms with Gasteiger partial charge in [-0.1, -0.05) is 0 Å². The zero-order valence-corrected chi connectivity index (χ0v) is 4.88. The lowest BCUT2D eigenvalue weighted by molar-refractivity contribution is -0.283. The van der Waals surface area contributed by atoms with Crippen LogP contribution >= 0.6 is 0 Å². The van der Waals surface area contributed by atoms with Gasteiger partial charge in [0.1, 0.15) is 0 Å². The third-order valence-corrected chi connectivity index (χ3v) is 0.873. The Morgan fingerprint density at radius 2 is 1.40 bits per heavy atom. The maximum Gasteiger partial charge on any atom is 0.453 e. The number of halogens is 5. The van der Waals surface area contributed by atoms with Crippen molar-refractivity contribution in [1.29, 1.82) is 0 Å². The monoisotopic (exact) mass is 163 g/mol. The van der Waals surface area contributed by atoms with E-state index in [2.05, 4.69) is 5.73 Å². The van der Waals surface area contributed by atoms with Gasteiger partial charge in [0, 0.05) is 6.42 Å². The average molecular weight is 163 g/mol. The smallest absolute Gasteiger partial charge is 0.330 e. The molecule has 0 unspecified atom stereocenters. The van der Waals surface area contributed by atoms with E-state index in [0.717, 1.165) is 0 Å². The van der Waals surface area contributed by atoms with Crippen LogP contribution in [0.2, 0.25) is 0 Å². The van der Waals surface area contributed by atoms with Crippen molar-refractivity contribution in [3.05, 3.63) is 0 Å². The van der Waals surface area contributed by atoms with Crippen molar-refractivity contribution in [3.63, 3.8) is 0 Å². The third-order valence-electron chi connectivity index (χ3n) is 0.873. The first kappa shape index (κ1) is 9.61. The van der Waals surface area contributed by atoms with Crippen molar-refractivity contribution in [2.24, 2.45) is 5.73 Å². The van der Waals surface area contributed by atoms with Crippen LogP contribution in [0.3, 0.4) is 0 Å². The zero-order valence-electron chi connectivity index (χ0n) is 4.88. The minimum atomic E-state index is -5.47. The van der Waals surface area contributed by atoms with Gasteiger partial charge in [-0.3, -0.25) is 0 Å². The Morgan fingerprint density at radius 1 is 1.00 bits per heavy atom. The number of hydrogen-bond acceptors (Lipinski definition) is 1. The fraction of sp³-hybridized carbons (Fsp3) is 1.00. The summed E-state index contributed by atoms with van der Waals surface area (Å²) in [6.07, 6.45) is -6.82. The van der Waals surface area contributed by atoms with E-state index in [1.165, 1.54) is 0 Å². The lowest BCUT2D eigenvalue weighted by atomic mass is 10.2. The molecule has 1 nitrogen and oxygen atoms in total. The topological polar surface area (TPSA) is 26.0 Å². The normalized spacial score (nSPS) is 13.8. The summed E-state index contributed by atoms with van der Waals surface area (Å²) in [5.41, 5.74) is 4.53. The molecule has 6 heteroatoms. The van der Waals surface area contributed by atoms with E-state index in [1.807, 2.05) is 0 Å². The first-order chi connectivity index (χ1) is 4.31. The van der Waals surface area contributed by atoms with Crippen LogP contribution in [0.1, 0.15) is 6.42 Å². The molecule has 2 N–H and O–H groups in total. The molecule has 0 radical (unpaired) electrons. The van der Waals surface area contributed by atoms with Gasteiger partial charge >= 0.3 is 12.1 Å². The summed E-state index contributed by atoms with van der Waals surface area (Å²) in [6, 6.07) is 0. The summed E-state index contributed by atoms with van der Waals surface area (Å²) in [5.74, 6) is -4.64. The van der Waals surface area contributed by atoms with Gasteiger partial charge in [-0.25, -0.2) is 0 Å². The molecule has 10 heavy (non-hydrogen) atoms. The number of alkyl halides is 5. The van der Waals surface area contributed by atoms with Crippen LogP contribution in [0.5, 0.6) is 0 Å². The predicted molar refractivity (Wildman–Crippen MR) is 24.7 cm³/mol. The Hall–Kier alpha value is -0.390. The van der Waals surface area contributed by atoms with E-state index < -0.39 is 25.1 Å². The Labute approximate surface area is 54.0 Å². The lowest BCUT2D eigenvalue weighted by Crippen LogP contribution is -2.38. The largest absolute Gasteiger partial charge is 0.453 e. The first-order valence-electron chi connectivity index (χ1n) is 2.46. The summed E-state index contributed by atoms with van der Waals surface area (Å²) in [5, 5.41) is 0. The lowest BCUT2D eigenvalue weighted by Gasteiger charge is -2.17. The van der Waals surface area contributed by atoms with Crippen LogP contribution in [0.15, 0.2) is 0 Å². The molecule has 0 atom stereocenters. The van der Waals surface area contributed by atoms with E-state index in [9.17, 15) is 22.0 Å². The Kier molecular flexibility index (Phi) is 2.59. The molecule has 0 spiro atoms. The maximum absolute atomic E-state index is 11.7. The molecule has 0 saturated heterocycles. The Bertz CT molecular complexity index is 107. The van der Waals surface area contributed by atoms with Gasteiger partial charge in [-0.15, -0.1) is 0 Å². The number of hydrogen-bond donors (Lipinski definition) is 1. The summed E-state index contributed by atoms with van der Waals surface area (Å²) in [7, 11) is 0. The van der Waals surface area contributed by atoms with Gasteiger partial charge in [0.25, 0.3) is 0 Å². The predicted octanol–water partition coefficient (Wildman–Crippen LogP) is 1.53. The second-order valence-corrected chi connectivity index (χ2v) is 1.74. The van der Waals surface area contributed by atoms with Gasteiger partial charge in [0.15, 0.2) is 0 Å². The Balaban J connectivity index is 4.10. The molecule has 0 aromatic heterocycles. The molecule has 0 aromatic rings. The van der Waals surface area contributed by atoms with Crippen LogP contribution in [0, 0.1) is 0 Å². The highest BCUT2D eigenvalue weighted by Crippen LogP contribution is 2.37. The van der Waals surface area contributed by atoms with Gasteiger partial charge in [-0.05, 0) is 6.54 Å². The highest BCUT2D eigenvalue weighted by molar-refractivity contribution is 4.75. The highest BCUT2D eigenvalue weighted by Gasteiger charge is 2.56. The molecule has 0 heterocycles. The van der Waals surface area contributed by atoms with Crippen LogP contribution < -0.4 is 5.73 Å². The summed E-state index contributed by atoms with van der Waals surface area (Å²) in [6.45, 7) is -0.674. The molecule has 0 aliphatic heterocycles. The van der Waals surface area contributed by atoms with Crippen molar-refractivity contribution in [3.8, 4) is 0 Å². The maximum atomic E-state index is 11.7. The molecule has 0 aliphatic rings. The van der Waals surface area contributed by atoms with E-state index in [4.69, 9.17) is 0 Å². The fourth-order valence-corrected chi connectivity index (χ4v) is 0.323. The van der Waals surface area contributed by atoms with E-state index >= 15 is 0 Å². The van der Waals surface area contributed by atoms with Crippen molar-refractivity contribution in [2.45, 2.75) is 18.5 Å². The first-order valence-corrected chi connectivity index (χ1v) is 2.46. The highest BCUT2D eigenvalue weighted by atomic mass is 19.4. The molecule has 0 fully saturated rings. The van der Waals surface area contributed by atoms with Crippen molar-refractivity contribution in [1.82, 2.24) is 0 Å². The van der Waals surface area contributed by atoms with Crippen LogP contribution in [-0.4, -0.2) is 18.6 Å². The zero-order chi connectivity index (χ0) is 8.41. The van der Waals surface area contributed by atoms with Crippen LogP contribution in [-0.2, 0) is 0 Å². The second kappa shape index (κ2) is 2.69. The van der Waals surface area contributed by atoms with Crippen molar-refractivity contribution >= 4 is 0 Å². The van der Waals surface area contributed by atoms with Crippen molar-refractivity contribution in [2.75, 3.05) is 6.54 Å². The number of rotatable bonds is 2. The van der Waals surface area contributed by atoms with Crippen molar-refractivity contribution < 1.29 is 22.0 Å². The molecule has 0 aliphatic carbocycles. The van der Waals surface area contributed by atoms with Gasteiger partial charge in [-0.2, -0.15) is 22.0 Å². The molecular weight excluding hydrogens is 157 g/mol. The third kappa shape index (κ3) is 2.09. The molecule has 0 bridgehead atoms. The minimum Gasteiger partial charge on any atom is -0.330 e. The summed E-state index contributed by atoms with van der Waals surface area (Å²) in [4.78, 5) is 0. The average Bonchev–Trinajstić information content (AvgIpc) is 1.61. The summed E-state index contributed by atoms with van der Waals surface area (Å²) < 4.78 is 57.1. The van der Waals surface area contributed by atoms with Crippen LogP contribution in [0.4, 0.5) is 22.0 Å². The Morgan fingerprint density at radius 3 is 1.50 bits per heavy atom. The molecule has 0 rings (SSSR count). The van der Waals surface area contributed by atoms with E-state index in [1.54, 1.807) is 0 Å². The molecule has 0 amide bonds. The van der Waals surface area contributed by atoms with E-state index in [-0.39, 0.29) is 0 Å². The molecule has 0 saturated carbocycles. The number of nitrogens with two attached hydrogens (primary N) is 1. The van der Waals surface area contributed by atoms with Crippen LogP contribution in [0.25, 0.3) is 0 Å². The van der Waals surface area contributed by atoms with Gasteiger partial charge in [0.05, 0.1) is 0 Å². The standard InChI is InChI=1S/C4H6F5N/c5-3(6,1-2-10)4(7,8)9/h1-2,10H2.